The quantitative estimate of drug-likeness (QED) is 0.348. The van der Waals surface area contributed by atoms with E-state index in [0.717, 1.165) is 27.9 Å². The first-order chi connectivity index (χ1) is 15.9. The monoisotopic (exact) mass is 494 g/mol. The van der Waals surface area contributed by atoms with Crippen molar-refractivity contribution in [2.45, 2.75) is 13.5 Å². The minimum absolute atomic E-state index is 0.244. The van der Waals surface area contributed by atoms with E-state index < -0.39 is 11.8 Å². The first-order valence-corrected chi connectivity index (χ1v) is 11.6. The molecular formula is C25H19ClN2O3S2. The molecule has 33 heavy (non-hydrogen) atoms. The summed E-state index contributed by atoms with van der Waals surface area (Å²) in [4.78, 5) is 25.8. The number of thioether (sulfide) groups is 1. The van der Waals surface area contributed by atoms with Crippen LogP contribution in [0.3, 0.4) is 0 Å². The van der Waals surface area contributed by atoms with Gasteiger partial charge in [-0.05, 0) is 66.7 Å². The predicted octanol–water partition coefficient (Wildman–Crippen LogP) is 5.77. The predicted molar refractivity (Wildman–Crippen MR) is 136 cm³/mol. The molecule has 3 aromatic carbocycles. The van der Waals surface area contributed by atoms with Gasteiger partial charge in [-0.1, -0.05) is 71.4 Å². The lowest BCUT2D eigenvalue weighted by Crippen LogP contribution is -2.44. The largest absolute Gasteiger partial charge is 0.489 e. The van der Waals surface area contributed by atoms with Gasteiger partial charge in [0.2, 0.25) is 0 Å². The lowest BCUT2D eigenvalue weighted by Gasteiger charge is -2.15. The summed E-state index contributed by atoms with van der Waals surface area (Å²) in [6.45, 7) is 2.49. The molecule has 0 unspecified atom stereocenters. The summed E-state index contributed by atoms with van der Waals surface area (Å²) in [6.07, 6.45) is 1.73. The van der Waals surface area contributed by atoms with Gasteiger partial charge in [0.1, 0.15) is 12.4 Å². The van der Waals surface area contributed by atoms with Gasteiger partial charge >= 0.3 is 0 Å². The molecule has 4 rings (SSSR count). The molecule has 0 radical (unpaired) electrons. The van der Waals surface area contributed by atoms with Crippen LogP contribution in [0.25, 0.3) is 6.08 Å². The molecule has 1 aliphatic heterocycles. The highest BCUT2D eigenvalue weighted by Gasteiger charge is 2.33. The number of nitrogens with one attached hydrogen (secondary N) is 1. The fourth-order valence-electron chi connectivity index (χ4n) is 3.06. The summed E-state index contributed by atoms with van der Waals surface area (Å²) in [5.41, 5.74) is 5.94. The van der Waals surface area contributed by atoms with E-state index in [9.17, 15) is 9.59 Å². The smallest absolute Gasteiger partial charge is 0.285 e. The zero-order valence-electron chi connectivity index (χ0n) is 17.6. The highest BCUT2D eigenvalue weighted by molar-refractivity contribution is 8.26. The maximum Gasteiger partial charge on any atom is 0.285 e. The maximum absolute atomic E-state index is 12.9. The van der Waals surface area contributed by atoms with Gasteiger partial charge in [0.15, 0.2) is 4.32 Å². The molecule has 0 atom stereocenters. The van der Waals surface area contributed by atoms with Crippen LogP contribution in [0.1, 0.15) is 27.0 Å². The Balaban J connectivity index is 1.44. The van der Waals surface area contributed by atoms with E-state index >= 15 is 0 Å². The van der Waals surface area contributed by atoms with Gasteiger partial charge in [-0.3, -0.25) is 15.0 Å². The highest BCUT2D eigenvalue weighted by Crippen LogP contribution is 2.32. The van der Waals surface area contributed by atoms with Crippen LogP contribution in [0.4, 0.5) is 0 Å². The fraction of sp³-hybridized carbons (Fsp3) is 0.0800. The van der Waals surface area contributed by atoms with Crippen LogP contribution in [0, 0.1) is 6.92 Å². The van der Waals surface area contributed by atoms with E-state index in [1.165, 1.54) is 11.6 Å². The minimum atomic E-state index is -0.471. The lowest BCUT2D eigenvalue weighted by molar-refractivity contribution is -0.123. The third kappa shape index (κ3) is 5.82. The average Bonchev–Trinajstić information content (AvgIpc) is 3.06. The number of benzene rings is 3. The Morgan fingerprint density at radius 1 is 1.12 bits per heavy atom. The molecule has 1 fully saturated rings. The Morgan fingerprint density at radius 2 is 1.88 bits per heavy atom. The standard InChI is InChI=1S/C25H19ClN2O3S2/c1-16-8-10-17(11-9-16)15-31-21-7-2-4-18(12-21)13-22-24(30)28(25(32)33-22)27-23(29)19-5-3-6-20(26)14-19/h2-14H,15H2,1H3,(H,27,29)/b22-13+. The number of ether oxygens (including phenoxy) is 1. The van der Waals surface area contributed by atoms with Crippen molar-refractivity contribution in [2.24, 2.45) is 0 Å². The van der Waals surface area contributed by atoms with E-state index in [2.05, 4.69) is 5.43 Å². The van der Waals surface area contributed by atoms with E-state index in [0.29, 0.717) is 27.8 Å². The van der Waals surface area contributed by atoms with Crippen LogP contribution in [0.2, 0.25) is 5.02 Å². The number of halogens is 1. The summed E-state index contributed by atoms with van der Waals surface area (Å²) < 4.78 is 6.14. The third-order valence-corrected chi connectivity index (χ3v) is 6.31. The Labute approximate surface area is 206 Å². The summed E-state index contributed by atoms with van der Waals surface area (Å²) in [5.74, 6) is -0.179. The Hall–Kier alpha value is -3.13. The number of carbonyl (C=O) groups excluding carboxylic acids is 2. The summed E-state index contributed by atoms with van der Waals surface area (Å²) in [7, 11) is 0. The molecule has 166 valence electrons. The summed E-state index contributed by atoms with van der Waals surface area (Å²) in [5, 5.41) is 1.50. The number of aryl methyl sites for hydroxylation is 1. The van der Waals surface area contributed by atoms with Gasteiger partial charge in [-0.2, -0.15) is 5.01 Å². The van der Waals surface area contributed by atoms with Gasteiger partial charge in [0.25, 0.3) is 11.8 Å². The normalized spacial score (nSPS) is 14.6. The van der Waals surface area contributed by atoms with Crippen LogP contribution in [0.5, 0.6) is 5.75 Å². The summed E-state index contributed by atoms with van der Waals surface area (Å²) >= 11 is 12.4. The number of nitrogens with zero attached hydrogens (tertiary/aromatic N) is 1. The second-order valence-electron chi connectivity index (χ2n) is 7.32. The van der Waals surface area contributed by atoms with Crippen molar-refractivity contribution >= 4 is 57.8 Å². The van der Waals surface area contributed by atoms with Crippen molar-refractivity contribution in [3.8, 4) is 5.75 Å². The second kappa shape index (κ2) is 10.2. The van der Waals surface area contributed by atoms with Crippen molar-refractivity contribution < 1.29 is 14.3 Å². The molecule has 5 nitrogen and oxygen atoms in total. The summed E-state index contributed by atoms with van der Waals surface area (Å²) in [6, 6.07) is 22.0. The van der Waals surface area contributed by atoms with Crippen molar-refractivity contribution in [3.05, 3.63) is 105 Å². The number of hydrazine groups is 1. The Kier molecular flexibility index (Phi) is 7.13. The molecule has 0 saturated carbocycles. The van der Waals surface area contributed by atoms with Crippen molar-refractivity contribution in [1.82, 2.24) is 10.4 Å². The Bertz CT molecular complexity index is 1260. The van der Waals surface area contributed by atoms with Gasteiger partial charge in [-0.15, -0.1) is 0 Å². The number of carbonyl (C=O) groups is 2. The molecule has 1 heterocycles. The van der Waals surface area contributed by atoms with E-state index in [-0.39, 0.29) is 4.32 Å². The van der Waals surface area contributed by atoms with E-state index in [4.69, 9.17) is 28.6 Å². The van der Waals surface area contributed by atoms with E-state index in [1.807, 2.05) is 55.5 Å². The Morgan fingerprint density at radius 3 is 2.64 bits per heavy atom. The van der Waals surface area contributed by atoms with E-state index in [1.54, 1.807) is 24.3 Å². The molecule has 1 aliphatic rings. The number of hydrogen-bond acceptors (Lipinski definition) is 5. The molecule has 0 aromatic heterocycles. The van der Waals surface area contributed by atoms with Gasteiger partial charge < -0.3 is 4.74 Å². The second-order valence-corrected chi connectivity index (χ2v) is 9.43. The molecule has 0 bridgehead atoms. The van der Waals surface area contributed by atoms with Crippen LogP contribution in [0.15, 0.2) is 77.7 Å². The molecular weight excluding hydrogens is 476 g/mol. The van der Waals surface area contributed by atoms with Crippen molar-refractivity contribution in [3.63, 3.8) is 0 Å². The fourth-order valence-corrected chi connectivity index (χ4v) is 4.43. The van der Waals surface area contributed by atoms with Crippen LogP contribution in [-0.2, 0) is 11.4 Å². The molecule has 8 heteroatoms. The molecule has 1 N–H and O–H groups in total. The van der Waals surface area contributed by atoms with Crippen LogP contribution >= 0.6 is 35.6 Å². The van der Waals surface area contributed by atoms with Crippen molar-refractivity contribution in [2.75, 3.05) is 0 Å². The topological polar surface area (TPSA) is 58.6 Å². The van der Waals surface area contributed by atoms with Gasteiger partial charge in [-0.25, -0.2) is 0 Å². The minimum Gasteiger partial charge on any atom is -0.489 e. The van der Waals surface area contributed by atoms with Crippen LogP contribution < -0.4 is 10.2 Å². The molecule has 3 aromatic rings. The van der Waals surface area contributed by atoms with Crippen molar-refractivity contribution in [1.29, 1.82) is 0 Å². The number of hydrogen-bond donors (Lipinski definition) is 1. The maximum atomic E-state index is 12.9. The number of amides is 2. The average molecular weight is 495 g/mol. The SMILES string of the molecule is Cc1ccc(COc2cccc(/C=C3/SC(=S)N(NC(=O)c4cccc(Cl)c4)C3=O)c2)cc1. The van der Waals surface area contributed by atoms with Gasteiger partial charge in [0, 0.05) is 10.6 Å². The molecule has 0 aliphatic carbocycles. The first kappa shape index (κ1) is 23.0. The first-order valence-electron chi connectivity index (χ1n) is 10.0. The highest BCUT2D eigenvalue weighted by atomic mass is 35.5. The molecule has 0 spiro atoms. The zero-order valence-corrected chi connectivity index (χ0v) is 20.0. The van der Waals surface area contributed by atoms with Gasteiger partial charge in [0.05, 0.1) is 4.91 Å². The number of thiocarbonyl (C=S) groups is 1. The zero-order chi connectivity index (χ0) is 23.4. The van der Waals surface area contributed by atoms with Crippen LogP contribution in [-0.4, -0.2) is 21.1 Å². The lowest BCUT2D eigenvalue weighted by atomic mass is 10.1. The number of rotatable bonds is 6. The molecule has 1 saturated heterocycles. The third-order valence-electron chi connectivity index (χ3n) is 4.78. The molecule has 2 amide bonds.